The molecule has 0 amide bonds. The van der Waals surface area contributed by atoms with Crippen molar-refractivity contribution in [1.82, 2.24) is 4.90 Å². The third kappa shape index (κ3) is 7.02. The Labute approximate surface area is 209 Å². The van der Waals surface area contributed by atoms with Crippen LogP contribution in [0.1, 0.15) is 17.2 Å². The van der Waals surface area contributed by atoms with Crippen LogP contribution < -0.4 is 14.4 Å². The minimum atomic E-state index is 0. The molecule has 1 unspecified atom stereocenters. The van der Waals surface area contributed by atoms with Crippen LogP contribution in [0.2, 0.25) is 0 Å². The van der Waals surface area contributed by atoms with Gasteiger partial charge in [-0.25, -0.2) is 0 Å². The van der Waals surface area contributed by atoms with E-state index in [2.05, 4.69) is 70.5 Å². The van der Waals surface area contributed by atoms with E-state index in [-0.39, 0.29) is 30.3 Å². The third-order valence-electron chi connectivity index (χ3n) is 5.93. The molecule has 3 aromatic carbocycles. The van der Waals surface area contributed by atoms with E-state index in [9.17, 15) is 0 Å². The van der Waals surface area contributed by atoms with Crippen molar-refractivity contribution >= 4 is 30.5 Å². The Balaban J connectivity index is 0.00000181. The lowest BCUT2D eigenvalue weighted by Crippen LogP contribution is -2.48. The normalized spacial score (nSPS) is 14.2. The highest BCUT2D eigenvalue weighted by Crippen LogP contribution is 2.31. The molecule has 0 spiro atoms. The molecule has 180 valence electrons. The Morgan fingerprint density at radius 2 is 1.42 bits per heavy atom. The van der Waals surface area contributed by atoms with E-state index in [1.807, 2.05) is 18.2 Å². The number of hydrogen-bond donors (Lipinski definition) is 0. The van der Waals surface area contributed by atoms with E-state index in [1.165, 1.54) is 16.8 Å². The maximum Gasteiger partial charge on any atom is 0.142 e. The summed E-state index contributed by atoms with van der Waals surface area (Å²) in [6.45, 7) is 4.01. The molecule has 1 fully saturated rings. The van der Waals surface area contributed by atoms with Gasteiger partial charge < -0.3 is 19.8 Å². The monoisotopic (exact) mass is 492 g/mol. The third-order valence-corrected chi connectivity index (χ3v) is 5.93. The number of rotatable bonds is 7. The molecular formula is C26H34Cl2N2O3. The van der Waals surface area contributed by atoms with Gasteiger partial charge in [-0.15, -0.1) is 24.8 Å². The first-order valence-corrected chi connectivity index (χ1v) is 10.6. The zero-order valence-electron chi connectivity index (χ0n) is 19.1. The Hall–Kier alpha value is -2.44. The number of methoxy groups -OCH3 is 2. The number of ether oxygens (including phenoxy) is 2. The molecule has 4 rings (SSSR count). The minimum Gasteiger partial charge on any atom is -0.497 e. The average Bonchev–Trinajstić information content (AvgIpc) is 2.83. The predicted octanol–water partition coefficient (Wildman–Crippen LogP) is 4.83. The summed E-state index contributed by atoms with van der Waals surface area (Å²) >= 11 is 0. The molecule has 0 bridgehead atoms. The molecular weight excluding hydrogens is 459 g/mol. The van der Waals surface area contributed by atoms with Crippen molar-refractivity contribution in [2.75, 3.05) is 45.3 Å². The van der Waals surface area contributed by atoms with Crippen LogP contribution in [0.4, 0.5) is 5.69 Å². The predicted molar refractivity (Wildman–Crippen MR) is 141 cm³/mol. The van der Waals surface area contributed by atoms with Gasteiger partial charge in [0.25, 0.3) is 0 Å². The zero-order valence-corrected chi connectivity index (χ0v) is 20.8. The average molecular weight is 493 g/mol. The van der Waals surface area contributed by atoms with Gasteiger partial charge in [0, 0.05) is 32.2 Å². The van der Waals surface area contributed by atoms with Crippen molar-refractivity contribution in [3.8, 4) is 11.5 Å². The molecule has 0 radical (unpaired) electrons. The van der Waals surface area contributed by atoms with Crippen LogP contribution in [0.3, 0.4) is 0 Å². The van der Waals surface area contributed by atoms with Crippen LogP contribution in [0.5, 0.6) is 11.5 Å². The molecule has 1 heterocycles. The van der Waals surface area contributed by atoms with E-state index in [0.29, 0.717) is 6.04 Å². The Morgan fingerprint density at radius 3 is 2.09 bits per heavy atom. The van der Waals surface area contributed by atoms with Gasteiger partial charge >= 0.3 is 0 Å². The molecule has 2 N–H and O–H groups in total. The number of halogens is 2. The van der Waals surface area contributed by atoms with Crippen LogP contribution in [0.25, 0.3) is 0 Å². The van der Waals surface area contributed by atoms with Crippen molar-refractivity contribution in [2.45, 2.75) is 12.5 Å². The van der Waals surface area contributed by atoms with Gasteiger partial charge in [0.1, 0.15) is 11.5 Å². The number of piperazine rings is 1. The fourth-order valence-electron chi connectivity index (χ4n) is 4.32. The highest BCUT2D eigenvalue weighted by atomic mass is 35.5. The second-order valence-corrected chi connectivity index (χ2v) is 7.68. The van der Waals surface area contributed by atoms with Gasteiger partial charge in [0.15, 0.2) is 0 Å². The van der Waals surface area contributed by atoms with Crippen molar-refractivity contribution in [1.29, 1.82) is 0 Å². The number of para-hydroxylation sites is 2. The standard InChI is InChI=1S/C26H30N2O2.2ClH.H2O/c1-29-23-12-8-9-21(19-23)20-25(22-10-4-3-5-11-22)28-17-15-27(16-18-28)24-13-6-7-14-26(24)30-2;;;/h3-14,19,25H,15-18,20H2,1-2H3;2*1H;1H2. The number of anilines is 1. The number of nitrogens with zero attached hydrogens (tertiary/aromatic N) is 2. The molecule has 1 saturated heterocycles. The molecule has 1 aliphatic heterocycles. The summed E-state index contributed by atoms with van der Waals surface area (Å²) in [5, 5.41) is 0. The Bertz CT molecular complexity index is 951. The molecule has 0 aliphatic carbocycles. The molecule has 33 heavy (non-hydrogen) atoms. The van der Waals surface area contributed by atoms with Crippen molar-refractivity contribution in [3.63, 3.8) is 0 Å². The van der Waals surface area contributed by atoms with Gasteiger partial charge in [0.05, 0.1) is 19.9 Å². The molecule has 3 aromatic rings. The fourth-order valence-corrected chi connectivity index (χ4v) is 4.32. The van der Waals surface area contributed by atoms with E-state index < -0.39 is 0 Å². The highest BCUT2D eigenvalue weighted by molar-refractivity contribution is 5.85. The van der Waals surface area contributed by atoms with Crippen LogP contribution in [-0.2, 0) is 6.42 Å². The topological polar surface area (TPSA) is 56.4 Å². The smallest absolute Gasteiger partial charge is 0.142 e. The van der Waals surface area contributed by atoms with Crippen molar-refractivity contribution in [3.05, 3.63) is 90.0 Å². The number of benzene rings is 3. The first kappa shape index (κ1) is 28.6. The zero-order chi connectivity index (χ0) is 20.8. The van der Waals surface area contributed by atoms with Crippen LogP contribution in [0, 0.1) is 0 Å². The number of hydrogen-bond acceptors (Lipinski definition) is 4. The van der Waals surface area contributed by atoms with Crippen LogP contribution in [-0.4, -0.2) is 50.8 Å². The summed E-state index contributed by atoms with van der Waals surface area (Å²) in [7, 11) is 3.47. The van der Waals surface area contributed by atoms with E-state index in [1.54, 1.807) is 14.2 Å². The summed E-state index contributed by atoms with van der Waals surface area (Å²) in [5.74, 6) is 1.86. The Kier molecular flexibility index (Phi) is 12.1. The molecule has 7 heteroatoms. The van der Waals surface area contributed by atoms with Crippen molar-refractivity contribution < 1.29 is 14.9 Å². The lowest BCUT2D eigenvalue weighted by atomic mass is 9.96. The van der Waals surface area contributed by atoms with Crippen LogP contribution in [0.15, 0.2) is 78.9 Å². The second kappa shape index (κ2) is 14.0. The van der Waals surface area contributed by atoms with E-state index >= 15 is 0 Å². The maximum atomic E-state index is 5.58. The quantitative estimate of drug-likeness (QED) is 0.473. The summed E-state index contributed by atoms with van der Waals surface area (Å²) < 4.78 is 11.0. The lowest BCUT2D eigenvalue weighted by molar-refractivity contribution is 0.184. The van der Waals surface area contributed by atoms with Crippen molar-refractivity contribution in [2.24, 2.45) is 0 Å². The molecule has 0 aromatic heterocycles. The molecule has 1 atom stereocenters. The second-order valence-electron chi connectivity index (χ2n) is 7.68. The minimum absolute atomic E-state index is 0. The molecule has 1 aliphatic rings. The summed E-state index contributed by atoms with van der Waals surface area (Å²) in [6, 6.07) is 27.9. The Morgan fingerprint density at radius 1 is 0.758 bits per heavy atom. The SMILES string of the molecule is COc1cccc(CC(c2ccccc2)N2CCN(c3ccccc3OC)CC2)c1.Cl.Cl.O. The summed E-state index contributed by atoms with van der Waals surface area (Å²) in [6.07, 6.45) is 0.968. The van der Waals surface area contributed by atoms with E-state index in [0.717, 1.165) is 44.1 Å². The van der Waals surface area contributed by atoms with Gasteiger partial charge in [-0.05, 0) is 41.8 Å². The first-order valence-electron chi connectivity index (χ1n) is 10.6. The van der Waals surface area contributed by atoms with Gasteiger partial charge in [-0.1, -0.05) is 54.6 Å². The van der Waals surface area contributed by atoms with Gasteiger partial charge in [-0.2, -0.15) is 0 Å². The lowest BCUT2D eigenvalue weighted by Gasteiger charge is -2.41. The largest absolute Gasteiger partial charge is 0.497 e. The van der Waals surface area contributed by atoms with Gasteiger partial charge in [-0.3, -0.25) is 4.90 Å². The summed E-state index contributed by atoms with van der Waals surface area (Å²) in [5.41, 5.74) is 3.85. The maximum absolute atomic E-state index is 5.58. The molecule has 5 nitrogen and oxygen atoms in total. The van der Waals surface area contributed by atoms with Gasteiger partial charge in [0.2, 0.25) is 0 Å². The summed E-state index contributed by atoms with van der Waals surface area (Å²) in [4.78, 5) is 5.05. The molecule has 0 saturated carbocycles. The van der Waals surface area contributed by atoms with Crippen LogP contribution >= 0.6 is 24.8 Å². The first-order chi connectivity index (χ1) is 14.8. The fraction of sp³-hybridized carbons (Fsp3) is 0.308. The highest BCUT2D eigenvalue weighted by Gasteiger charge is 2.26. The van der Waals surface area contributed by atoms with E-state index in [4.69, 9.17) is 9.47 Å².